The Morgan fingerprint density at radius 3 is 2.62 bits per heavy atom. The lowest BCUT2D eigenvalue weighted by Gasteiger charge is -2.31. The van der Waals surface area contributed by atoms with E-state index in [-0.39, 0.29) is 18.3 Å². The molecule has 6 aromatic rings. The summed E-state index contributed by atoms with van der Waals surface area (Å²) in [5, 5.41) is 3.75. The first-order chi connectivity index (χ1) is 21.8. The van der Waals surface area contributed by atoms with Crippen molar-refractivity contribution >= 4 is 57.4 Å². The van der Waals surface area contributed by atoms with Gasteiger partial charge in [0.05, 0.1) is 47.1 Å². The Kier molecular flexibility index (Phi) is 7.04. The molecule has 7 rings (SSSR count). The van der Waals surface area contributed by atoms with E-state index in [0.717, 1.165) is 28.9 Å². The van der Waals surface area contributed by atoms with Crippen LogP contribution in [0.5, 0.6) is 0 Å². The molecule has 0 saturated heterocycles. The van der Waals surface area contributed by atoms with Crippen molar-refractivity contribution in [2.75, 3.05) is 36.1 Å². The first-order valence-corrected chi connectivity index (χ1v) is 15.4. The Morgan fingerprint density at radius 2 is 1.89 bits per heavy atom. The molecular weight excluding hydrogens is 596 g/mol. The number of furan rings is 1. The topological polar surface area (TPSA) is 83.6 Å². The van der Waals surface area contributed by atoms with Crippen LogP contribution in [0, 0.1) is 11.6 Å². The van der Waals surface area contributed by atoms with Crippen molar-refractivity contribution in [3.63, 3.8) is 0 Å². The number of anilines is 2. The van der Waals surface area contributed by atoms with E-state index in [9.17, 15) is 18.4 Å². The molecule has 226 valence electrons. The third kappa shape index (κ3) is 4.62. The van der Waals surface area contributed by atoms with Crippen molar-refractivity contribution in [1.29, 1.82) is 0 Å². The zero-order chi connectivity index (χ0) is 31.4. The molecule has 0 spiro atoms. The molecule has 0 atom stereocenters. The summed E-state index contributed by atoms with van der Waals surface area (Å²) in [5.41, 5.74) is 6.34. The summed E-state index contributed by atoms with van der Waals surface area (Å²) in [5.74, 6) is -0.746. The van der Waals surface area contributed by atoms with E-state index in [1.54, 1.807) is 31.3 Å². The second kappa shape index (κ2) is 11.1. The smallest absolute Gasteiger partial charge is 0.255 e. The molecule has 0 radical (unpaired) electrons. The molecule has 1 aliphatic rings. The number of hydrogen-bond acceptors (Lipinski definition) is 7. The fourth-order valence-electron chi connectivity index (χ4n) is 5.99. The summed E-state index contributed by atoms with van der Waals surface area (Å²) in [4.78, 5) is 32.0. The van der Waals surface area contributed by atoms with Crippen molar-refractivity contribution in [3.05, 3.63) is 90.0 Å². The van der Waals surface area contributed by atoms with Crippen LogP contribution >= 0.6 is 11.9 Å². The third-order valence-electron chi connectivity index (χ3n) is 8.21. The SMILES string of the molecule is CNC(=O)c1c(-c2ccc(F)cc2)oc2cc(N(C)SC)c(-c3ccc4c(n3)-c3cc5c(F)cccc5n3CN4CC=O)cc12. The van der Waals surface area contributed by atoms with Crippen molar-refractivity contribution in [2.45, 2.75) is 6.67 Å². The van der Waals surface area contributed by atoms with E-state index in [1.807, 2.05) is 57.4 Å². The molecule has 8 nitrogen and oxygen atoms in total. The summed E-state index contributed by atoms with van der Waals surface area (Å²) in [7, 11) is 3.47. The minimum atomic E-state index is -0.394. The summed E-state index contributed by atoms with van der Waals surface area (Å²) < 4.78 is 38.8. The van der Waals surface area contributed by atoms with Gasteiger partial charge in [-0.25, -0.2) is 13.8 Å². The number of nitrogens with one attached hydrogen (secondary N) is 1. The van der Waals surface area contributed by atoms with Gasteiger partial charge in [-0.05, 0) is 60.7 Å². The maximum absolute atomic E-state index is 14.9. The predicted octanol–water partition coefficient (Wildman–Crippen LogP) is 7.11. The number of benzene rings is 3. The van der Waals surface area contributed by atoms with Crippen LogP contribution in [0.1, 0.15) is 10.4 Å². The Labute approximate surface area is 261 Å². The predicted molar refractivity (Wildman–Crippen MR) is 174 cm³/mol. The average molecular weight is 624 g/mol. The Morgan fingerprint density at radius 1 is 1.09 bits per heavy atom. The lowest BCUT2D eigenvalue weighted by atomic mass is 10.00. The summed E-state index contributed by atoms with van der Waals surface area (Å²) >= 11 is 1.49. The average Bonchev–Trinajstić information content (AvgIpc) is 3.63. The minimum Gasteiger partial charge on any atom is -0.455 e. The Balaban J connectivity index is 1.48. The Hall–Kier alpha value is -5.16. The van der Waals surface area contributed by atoms with Gasteiger partial charge in [0.2, 0.25) is 0 Å². The van der Waals surface area contributed by atoms with Crippen LogP contribution in [-0.2, 0) is 11.5 Å². The molecule has 45 heavy (non-hydrogen) atoms. The van der Waals surface area contributed by atoms with Gasteiger partial charge in [0.15, 0.2) is 0 Å². The van der Waals surface area contributed by atoms with Gasteiger partial charge >= 0.3 is 0 Å². The second-order valence-electron chi connectivity index (χ2n) is 10.7. The summed E-state index contributed by atoms with van der Waals surface area (Å²) in [6.07, 6.45) is 2.78. The van der Waals surface area contributed by atoms with Gasteiger partial charge in [-0.2, -0.15) is 0 Å². The first-order valence-electron chi connectivity index (χ1n) is 14.2. The quantitative estimate of drug-likeness (QED) is 0.150. The van der Waals surface area contributed by atoms with E-state index >= 15 is 0 Å². The summed E-state index contributed by atoms with van der Waals surface area (Å²) in [6.45, 7) is 0.518. The number of aldehydes is 1. The van der Waals surface area contributed by atoms with Gasteiger partial charge in [-0.1, -0.05) is 18.0 Å². The number of pyridine rings is 1. The number of aromatic nitrogens is 2. The maximum Gasteiger partial charge on any atom is 0.255 e. The van der Waals surface area contributed by atoms with Crippen molar-refractivity contribution in [2.24, 2.45) is 0 Å². The van der Waals surface area contributed by atoms with Crippen LogP contribution in [0.15, 0.2) is 77.2 Å². The highest BCUT2D eigenvalue weighted by Crippen LogP contribution is 2.44. The largest absolute Gasteiger partial charge is 0.455 e. The highest BCUT2D eigenvalue weighted by Gasteiger charge is 2.28. The molecule has 4 heterocycles. The fourth-order valence-corrected chi connectivity index (χ4v) is 6.33. The molecular formula is C34H27F2N5O3S. The lowest BCUT2D eigenvalue weighted by molar-refractivity contribution is -0.106. The van der Waals surface area contributed by atoms with E-state index in [0.29, 0.717) is 56.8 Å². The third-order valence-corrected chi connectivity index (χ3v) is 8.96. The van der Waals surface area contributed by atoms with Gasteiger partial charge in [0.25, 0.3) is 5.91 Å². The number of fused-ring (bicyclic) bond motifs is 6. The van der Waals surface area contributed by atoms with Gasteiger partial charge in [0, 0.05) is 48.3 Å². The van der Waals surface area contributed by atoms with E-state index in [2.05, 4.69) is 5.32 Å². The van der Waals surface area contributed by atoms with Gasteiger partial charge in [0.1, 0.15) is 35.0 Å². The maximum atomic E-state index is 14.9. The highest BCUT2D eigenvalue weighted by atomic mass is 32.2. The van der Waals surface area contributed by atoms with E-state index in [4.69, 9.17) is 9.40 Å². The van der Waals surface area contributed by atoms with Crippen LogP contribution in [0.4, 0.5) is 20.2 Å². The molecule has 0 aliphatic carbocycles. The normalized spacial score (nSPS) is 12.3. The van der Waals surface area contributed by atoms with Crippen molar-refractivity contribution in [3.8, 4) is 34.0 Å². The number of amides is 1. The molecule has 1 aliphatic heterocycles. The van der Waals surface area contributed by atoms with Gasteiger partial charge in [-0.15, -0.1) is 0 Å². The molecule has 1 amide bonds. The number of nitrogens with zero attached hydrogens (tertiary/aromatic N) is 4. The number of hydrogen-bond donors (Lipinski definition) is 1. The molecule has 11 heteroatoms. The molecule has 3 aromatic heterocycles. The molecule has 0 saturated carbocycles. The molecule has 3 aromatic carbocycles. The van der Waals surface area contributed by atoms with Crippen molar-refractivity contribution < 1.29 is 22.8 Å². The number of carbonyl (C=O) groups excluding carboxylic acids is 2. The zero-order valence-corrected chi connectivity index (χ0v) is 25.4. The van der Waals surface area contributed by atoms with Crippen LogP contribution in [0.3, 0.4) is 0 Å². The van der Waals surface area contributed by atoms with Gasteiger partial charge in [-0.3, -0.25) is 4.79 Å². The minimum absolute atomic E-state index is 0.144. The number of halogens is 2. The van der Waals surface area contributed by atoms with Crippen LogP contribution in [0.2, 0.25) is 0 Å². The number of carbonyl (C=O) groups is 2. The van der Waals surface area contributed by atoms with Gasteiger partial charge < -0.3 is 28.3 Å². The van der Waals surface area contributed by atoms with E-state index in [1.165, 1.54) is 30.1 Å². The second-order valence-corrected chi connectivity index (χ2v) is 11.6. The van der Waals surface area contributed by atoms with Crippen LogP contribution in [0.25, 0.3) is 55.8 Å². The zero-order valence-electron chi connectivity index (χ0n) is 24.6. The monoisotopic (exact) mass is 623 g/mol. The lowest BCUT2D eigenvalue weighted by Crippen LogP contribution is -2.32. The first kappa shape index (κ1) is 28.6. The van der Waals surface area contributed by atoms with Crippen LogP contribution < -0.4 is 14.5 Å². The van der Waals surface area contributed by atoms with Crippen molar-refractivity contribution in [1.82, 2.24) is 14.9 Å². The van der Waals surface area contributed by atoms with Crippen LogP contribution in [-0.4, -0.2) is 48.6 Å². The molecule has 1 N–H and O–H groups in total. The van der Waals surface area contributed by atoms with E-state index < -0.39 is 5.82 Å². The molecule has 0 bridgehead atoms. The highest BCUT2D eigenvalue weighted by molar-refractivity contribution is 7.99. The summed E-state index contributed by atoms with van der Waals surface area (Å²) in [6, 6.07) is 20.1. The molecule has 0 unspecified atom stereocenters. The number of rotatable bonds is 7. The fraction of sp³-hybridized carbons (Fsp3) is 0.147. The Bertz CT molecular complexity index is 2140. The molecule has 0 fully saturated rings. The standard InChI is InChI=1S/C34H27F2N5O3S/c1-37-34(43)31-23-15-22(28(39(2)45-3)17-30(23)44-33(31)19-7-9-20(35)10-8-19)25-11-12-27-32(38-25)29-16-21-24(36)5-4-6-26(21)41(29)18-40(27)13-14-42/h4-12,14-17H,13,18H2,1-3H3,(H,37,43).